The Morgan fingerprint density at radius 3 is 2.80 bits per heavy atom. The highest BCUT2D eigenvalue weighted by molar-refractivity contribution is 6.32. The van der Waals surface area contributed by atoms with Crippen molar-refractivity contribution in [1.82, 2.24) is 34.4 Å². The summed E-state index contributed by atoms with van der Waals surface area (Å²) in [5.74, 6) is 2.31. The lowest BCUT2D eigenvalue weighted by Gasteiger charge is -2.24. The van der Waals surface area contributed by atoms with Gasteiger partial charge in [0.15, 0.2) is 28.8 Å². The zero-order chi connectivity index (χ0) is 34.9. The van der Waals surface area contributed by atoms with E-state index in [1.54, 1.807) is 35.8 Å². The number of ketones is 1. The minimum atomic E-state index is -0.567. The number of rotatable bonds is 11. The Morgan fingerprint density at radius 1 is 1.18 bits per heavy atom. The van der Waals surface area contributed by atoms with Crippen LogP contribution in [0.3, 0.4) is 0 Å². The van der Waals surface area contributed by atoms with Crippen molar-refractivity contribution in [2.75, 3.05) is 50.6 Å². The number of benzene rings is 1. The van der Waals surface area contributed by atoms with Crippen LogP contribution >= 0.6 is 11.6 Å². The molecular weight excluding hydrogens is 649 g/mol. The molecule has 0 spiro atoms. The third kappa shape index (κ3) is 9.39. The molecule has 12 nitrogen and oxygen atoms in total. The van der Waals surface area contributed by atoms with Crippen molar-refractivity contribution < 1.29 is 18.7 Å². The fraction of sp³-hybridized carbons (Fsp3) is 0.371. The molecule has 1 aliphatic heterocycles. The first-order valence-electron chi connectivity index (χ1n) is 16.2. The first-order valence-corrected chi connectivity index (χ1v) is 16.6. The van der Waals surface area contributed by atoms with E-state index in [0.717, 1.165) is 44.7 Å². The number of aromatic nitrogens is 6. The van der Waals surface area contributed by atoms with Crippen LogP contribution in [0.2, 0.25) is 5.02 Å². The summed E-state index contributed by atoms with van der Waals surface area (Å²) in [5, 5.41) is 7.33. The van der Waals surface area contributed by atoms with Crippen LogP contribution in [0.25, 0.3) is 16.7 Å². The number of hydrogen-bond acceptors (Lipinski definition) is 11. The Morgan fingerprint density at radius 2 is 2.02 bits per heavy atom. The van der Waals surface area contributed by atoms with Crippen LogP contribution in [0.1, 0.15) is 40.0 Å². The van der Waals surface area contributed by atoms with Crippen molar-refractivity contribution in [3.05, 3.63) is 72.2 Å². The van der Waals surface area contributed by atoms with Crippen LogP contribution in [0, 0.1) is 11.7 Å². The maximum absolute atomic E-state index is 15.3. The summed E-state index contributed by atoms with van der Waals surface area (Å²) in [5.41, 5.74) is 1.83. The van der Waals surface area contributed by atoms with Crippen LogP contribution in [0.15, 0.2) is 61.3 Å². The van der Waals surface area contributed by atoms with E-state index in [0.29, 0.717) is 46.5 Å². The van der Waals surface area contributed by atoms with Gasteiger partial charge in [0, 0.05) is 49.9 Å². The second-order valence-electron chi connectivity index (χ2n) is 12.2. The van der Waals surface area contributed by atoms with Gasteiger partial charge < -0.3 is 24.6 Å². The van der Waals surface area contributed by atoms with Gasteiger partial charge in [-0.2, -0.15) is 5.10 Å². The summed E-state index contributed by atoms with van der Waals surface area (Å²) >= 11 is 6.50. The van der Waals surface area contributed by atoms with Crippen molar-refractivity contribution in [2.24, 2.45) is 5.92 Å². The number of ether oxygens (including phenoxy) is 2. The maximum atomic E-state index is 15.3. The maximum Gasteiger partial charge on any atom is 0.172 e. The van der Waals surface area contributed by atoms with Gasteiger partial charge in [0.2, 0.25) is 0 Å². The van der Waals surface area contributed by atoms with E-state index in [9.17, 15) is 4.79 Å². The number of anilines is 3. The summed E-state index contributed by atoms with van der Waals surface area (Å²) in [7, 11) is 3.93. The number of carbonyl (C=O) groups excluding carboxylic acids is 1. The molecule has 258 valence electrons. The minimum Gasteiger partial charge on any atom is -0.489 e. The van der Waals surface area contributed by atoms with E-state index in [1.807, 2.05) is 31.1 Å². The number of likely N-dealkylation sites (N-methyl/N-ethyl adjacent to an activating group) is 1. The fourth-order valence-corrected chi connectivity index (χ4v) is 5.33. The lowest BCUT2D eigenvalue weighted by Crippen LogP contribution is -2.30. The van der Waals surface area contributed by atoms with Crippen molar-refractivity contribution in [1.29, 1.82) is 0 Å². The minimum absolute atomic E-state index is 0.108. The molecule has 14 heteroatoms. The fourth-order valence-electron chi connectivity index (χ4n) is 5.13. The number of halogens is 2. The molecule has 0 fully saturated rings. The Labute approximate surface area is 289 Å². The van der Waals surface area contributed by atoms with Crippen molar-refractivity contribution in [2.45, 2.75) is 40.0 Å². The Bertz CT molecular complexity index is 1930. The molecule has 0 saturated heterocycles. The quantitative estimate of drug-likeness (QED) is 0.113. The predicted octanol–water partition coefficient (Wildman–Crippen LogP) is 7.11. The smallest absolute Gasteiger partial charge is 0.172 e. The van der Waals surface area contributed by atoms with E-state index < -0.39 is 5.82 Å². The molecule has 0 bridgehead atoms. The van der Waals surface area contributed by atoms with E-state index in [-0.39, 0.29) is 22.2 Å². The molecule has 1 unspecified atom stereocenters. The molecule has 0 radical (unpaired) electrons. The average molecular weight is 690 g/mol. The monoisotopic (exact) mass is 689 g/mol. The zero-order valence-electron chi connectivity index (χ0n) is 28.4. The van der Waals surface area contributed by atoms with Gasteiger partial charge in [-0.15, -0.1) is 0 Å². The van der Waals surface area contributed by atoms with Crippen LogP contribution in [-0.4, -0.2) is 80.6 Å². The molecule has 49 heavy (non-hydrogen) atoms. The second kappa shape index (κ2) is 16.5. The molecule has 1 aromatic carbocycles. The lowest BCUT2D eigenvalue weighted by molar-refractivity contribution is -0.112. The zero-order valence-corrected chi connectivity index (χ0v) is 29.1. The number of pyridine rings is 2. The van der Waals surface area contributed by atoms with Crippen LogP contribution in [0.5, 0.6) is 17.2 Å². The van der Waals surface area contributed by atoms with Crippen LogP contribution < -0.4 is 19.7 Å². The Kier molecular flexibility index (Phi) is 11.9. The van der Waals surface area contributed by atoms with Crippen LogP contribution in [-0.2, 0) is 4.79 Å². The lowest BCUT2D eigenvalue weighted by atomic mass is 10.1. The Hall–Kier alpha value is -4.88. The van der Waals surface area contributed by atoms with Gasteiger partial charge in [-0.25, -0.2) is 28.8 Å². The van der Waals surface area contributed by atoms with Crippen LogP contribution in [0.4, 0.5) is 21.7 Å². The van der Waals surface area contributed by atoms with Gasteiger partial charge in [0.05, 0.1) is 22.8 Å². The van der Waals surface area contributed by atoms with Crippen molar-refractivity contribution in [3.63, 3.8) is 0 Å². The molecule has 0 saturated carbocycles. The molecule has 1 N–H and O–H groups in total. The van der Waals surface area contributed by atoms with E-state index in [2.05, 4.69) is 44.1 Å². The highest BCUT2D eigenvalue weighted by Gasteiger charge is 2.24. The SMILES string of the molecule is CC(=O)/C=C/CN(C)C.CCCCCN1CC(C)COc2cc3ncnc(Nc4cc(Cl)c(Oc5ccn6ncnc6c5)cc4F)c3nc21. The molecule has 0 aliphatic carbocycles. The summed E-state index contributed by atoms with van der Waals surface area (Å²) in [6.07, 6.45) is 11.3. The second-order valence-corrected chi connectivity index (χ2v) is 12.6. The largest absolute Gasteiger partial charge is 0.489 e. The summed E-state index contributed by atoms with van der Waals surface area (Å²) in [6.45, 7) is 9.04. The standard InChI is InChI=1S/C28H28ClFN8O2.C7H13NO/c1-3-4-5-7-37-13-17(2)14-39-24-12-22-26(36-28(24)37)27(33-15-31-22)35-21-10-19(29)23(11-20(21)30)40-18-6-8-38-25(9-18)32-16-34-38;1-7(9)5-4-6-8(2)3/h6,8-12,15-17H,3-5,7,13-14H2,1-2H3,(H,31,33,35);4-5H,6H2,1-3H3/b;5-4+. The summed E-state index contributed by atoms with van der Waals surface area (Å²) in [4.78, 5) is 32.4. The van der Waals surface area contributed by atoms with Gasteiger partial charge in [-0.05, 0) is 45.6 Å². The molecule has 1 atom stereocenters. The van der Waals surface area contributed by atoms with Gasteiger partial charge >= 0.3 is 0 Å². The third-order valence-electron chi connectivity index (χ3n) is 7.52. The number of allylic oxidation sites excluding steroid dienone is 1. The molecule has 4 aromatic heterocycles. The molecular formula is C35H41ClFN9O3. The highest BCUT2D eigenvalue weighted by Crippen LogP contribution is 2.37. The third-order valence-corrected chi connectivity index (χ3v) is 7.82. The molecule has 1 aliphatic rings. The van der Waals surface area contributed by atoms with Gasteiger partial charge in [0.25, 0.3) is 0 Å². The molecule has 6 rings (SSSR count). The number of nitrogens with zero attached hydrogens (tertiary/aromatic N) is 8. The number of carbonyl (C=O) groups is 1. The average Bonchev–Trinajstić information content (AvgIpc) is 3.47. The predicted molar refractivity (Wildman–Crippen MR) is 190 cm³/mol. The van der Waals surface area contributed by atoms with E-state index in [4.69, 9.17) is 26.1 Å². The number of hydrogen-bond donors (Lipinski definition) is 1. The summed E-state index contributed by atoms with van der Waals surface area (Å²) in [6, 6.07) is 7.94. The first-order chi connectivity index (χ1) is 23.6. The summed E-state index contributed by atoms with van der Waals surface area (Å²) < 4.78 is 28.8. The number of nitrogens with one attached hydrogen (secondary N) is 1. The van der Waals surface area contributed by atoms with E-state index >= 15 is 4.39 Å². The first kappa shape index (κ1) is 35.4. The number of fused-ring (bicyclic) bond motifs is 3. The topological polar surface area (TPSA) is 123 Å². The van der Waals surface area contributed by atoms with Gasteiger partial charge in [-0.1, -0.05) is 44.4 Å². The molecule has 5 heterocycles. The normalized spacial score (nSPS) is 14.4. The van der Waals surface area contributed by atoms with Gasteiger partial charge in [-0.3, -0.25) is 4.79 Å². The van der Waals surface area contributed by atoms with Crippen molar-refractivity contribution >= 4 is 51.4 Å². The molecule has 0 amide bonds. The van der Waals surface area contributed by atoms with Crippen molar-refractivity contribution in [3.8, 4) is 17.2 Å². The van der Waals surface area contributed by atoms with E-state index in [1.165, 1.54) is 24.8 Å². The van der Waals surface area contributed by atoms with Gasteiger partial charge in [0.1, 0.15) is 35.5 Å². The Balaban J connectivity index is 0.000000459. The number of unbranched alkanes of at least 4 members (excludes halogenated alkanes) is 2. The highest BCUT2D eigenvalue weighted by atomic mass is 35.5. The molecule has 5 aromatic rings.